The van der Waals surface area contributed by atoms with Crippen LogP contribution < -0.4 is 20.7 Å². The number of thioether (sulfide) groups is 1. The Morgan fingerprint density at radius 3 is 2.41 bits per heavy atom. The van der Waals surface area contributed by atoms with Crippen molar-refractivity contribution in [1.29, 1.82) is 0 Å². The van der Waals surface area contributed by atoms with Gasteiger partial charge in [0.25, 0.3) is 11.8 Å². The van der Waals surface area contributed by atoms with Crippen molar-refractivity contribution in [3.05, 3.63) is 29.8 Å². The maximum atomic E-state index is 12.6. The van der Waals surface area contributed by atoms with Crippen LogP contribution in [-0.2, 0) is 14.3 Å². The zero-order chi connectivity index (χ0) is 21.8. The zero-order valence-corrected chi connectivity index (χ0v) is 17.8. The van der Waals surface area contributed by atoms with E-state index in [1.165, 1.54) is 18.9 Å². The van der Waals surface area contributed by atoms with Crippen LogP contribution >= 0.6 is 11.8 Å². The van der Waals surface area contributed by atoms with Gasteiger partial charge in [-0.05, 0) is 44.4 Å². The van der Waals surface area contributed by atoms with E-state index in [2.05, 4.69) is 16.0 Å². The van der Waals surface area contributed by atoms with E-state index in [1.807, 2.05) is 6.26 Å². The summed E-state index contributed by atoms with van der Waals surface area (Å²) in [6.07, 6.45) is 2.18. The summed E-state index contributed by atoms with van der Waals surface area (Å²) in [5.41, 5.74) is 0.278. The number of rotatable bonds is 10. The normalized spacial score (nSPS) is 11.3. The number of para-hydroxylation sites is 1. The first kappa shape index (κ1) is 24.3. The summed E-state index contributed by atoms with van der Waals surface area (Å²) in [6.45, 7) is 2.85. The Balaban J connectivity index is 2.69. The van der Waals surface area contributed by atoms with Gasteiger partial charge in [0, 0.05) is 6.04 Å². The second kappa shape index (κ2) is 12.7. The van der Waals surface area contributed by atoms with Gasteiger partial charge in [-0.15, -0.1) is 0 Å². The van der Waals surface area contributed by atoms with Gasteiger partial charge in [-0.25, -0.2) is 9.59 Å². The minimum absolute atomic E-state index is 0.147. The summed E-state index contributed by atoms with van der Waals surface area (Å²) >= 11 is 1.50. The van der Waals surface area contributed by atoms with Crippen LogP contribution in [0.5, 0.6) is 5.75 Å². The van der Waals surface area contributed by atoms with E-state index in [0.717, 1.165) is 0 Å². The third-order valence-electron chi connectivity index (χ3n) is 3.57. The molecule has 0 aliphatic heterocycles. The average Bonchev–Trinajstić information content (AvgIpc) is 2.68. The minimum atomic E-state index is -0.947. The minimum Gasteiger partial charge on any atom is -0.496 e. The van der Waals surface area contributed by atoms with Crippen molar-refractivity contribution in [3.8, 4) is 5.75 Å². The Morgan fingerprint density at radius 1 is 1.10 bits per heavy atom. The maximum absolute atomic E-state index is 12.6. The Hall–Kier alpha value is -2.75. The second-order valence-corrected chi connectivity index (χ2v) is 7.28. The number of methoxy groups -OCH3 is 1. The van der Waals surface area contributed by atoms with Crippen LogP contribution in [-0.4, -0.2) is 61.6 Å². The number of imide groups is 1. The molecule has 0 aliphatic rings. The highest BCUT2D eigenvalue weighted by atomic mass is 32.2. The molecule has 1 atom stereocenters. The Morgan fingerprint density at radius 2 is 1.79 bits per heavy atom. The van der Waals surface area contributed by atoms with Crippen molar-refractivity contribution in [2.24, 2.45) is 0 Å². The topological polar surface area (TPSA) is 123 Å². The molecule has 29 heavy (non-hydrogen) atoms. The summed E-state index contributed by atoms with van der Waals surface area (Å²) in [5, 5.41) is 7.16. The molecule has 160 valence electrons. The van der Waals surface area contributed by atoms with Gasteiger partial charge in [0.2, 0.25) is 0 Å². The van der Waals surface area contributed by atoms with Gasteiger partial charge in [0.05, 0.1) is 12.7 Å². The smallest absolute Gasteiger partial charge is 0.329 e. The monoisotopic (exact) mass is 425 g/mol. The molecule has 1 rings (SSSR count). The number of ether oxygens (including phenoxy) is 2. The first-order valence-electron chi connectivity index (χ1n) is 8.98. The molecule has 0 fully saturated rings. The average molecular weight is 426 g/mol. The van der Waals surface area contributed by atoms with Crippen LogP contribution in [0.3, 0.4) is 0 Å². The lowest BCUT2D eigenvalue weighted by Crippen LogP contribution is -2.46. The second-order valence-electron chi connectivity index (χ2n) is 6.29. The van der Waals surface area contributed by atoms with Crippen LogP contribution in [0.2, 0.25) is 0 Å². The molecule has 0 bridgehead atoms. The van der Waals surface area contributed by atoms with Gasteiger partial charge in [-0.1, -0.05) is 12.1 Å². The number of esters is 1. The highest BCUT2D eigenvalue weighted by Crippen LogP contribution is 2.17. The molecule has 0 saturated carbocycles. The van der Waals surface area contributed by atoms with Crippen molar-refractivity contribution in [1.82, 2.24) is 16.0 Å². The van der Waals surface area contributed by atoms with E-state index in [9.17, 15) is 19.2 Å². The van der Waals surface area contributed by atoms with Crippen molar-refractivity contribution >= 4 is 35.6 Å². The fraction of sp³-hybridized carbons (Fsp3) is 0.474. The third kappa shape index (κ3) is 8.86. The lowest BCUT2D eigenvalue weighted by Gasteiger charge is -2.18. The molecule has 0 unspecified atom stereocenters. The van der Waals surface area contributed by atoms with E-state index in [0.29, 0.717) is 17.9 Å². The molecule has 0 aromatic heterocycles. The molecule has 1 aromatic rings. The number of amides is 4. The predicted octanol–water partition coefficient (Wildman–Crippen LogP) is 1.32. The lowest BCUT2D eigenvalue weighted by molar-refractivity contribution is -0.150. The molecule has 0 aliphatic carbocycles. The first-order chi connectivity index (χ1) is 13.8. The molecule has 1 aromatic carbocycles. The number of hydrogen-bond donors (Lipinski definition) is 3. The number of carbonyl (C=O) groups is 4. The number of nitrogens with one attached hydrogen (secondary N) is 3. The SMILES string of the molecule is COc1ccccc1C(=O)N[C@H](CCSC)C(=O)OCC(=O)NC(=O)NC(C)C. The first-order valence-corrected chi connectivity index (χ1v) is 10.4. The molecule has 9 nitrogen and oxygen atoms in total. The van der Waals surface area contributed by atoms with Crippen LogP contribution in [0.1, 0.15) is 30.6 Å². The van der Waals surface area contributed by atoms with E-state index in [-0.39, 0.29) is 11.6 Å². The van der Waals surface area contributed by atoms with Crippen LogP contribution in [0.15, 0.2) is 24.3 Å². The van der Waals surface area contributed by atoms with Gasteiger partial charge < -0.3 is 20.1 Å². The van der Waals surface area contributed by atoms with Crippen molar-refractivity contribution in [2.75, 3.05) is 25.7 Å². The highest BCUT2D eigenvalue weighted by Gasteiger charge is 2.25. The number of benzene rings is 1. The molecule has 3 N–H and O–H groups in total. The molecule has 0 spiro atoms. The highest BCUT2D eigenvalue weighted by molar-refractivity contribution is 7.98. The summed E-state index contributed by atoms with van der Waals surface area (Å²) in [6, 6.07) is 4.85. The van der Waals surface area contributed by atoms with Gasteiger partial charge in [-0.3, -0.25) is 14.9 Å². The Kier molecular flexibility index (Phi) is 10.6. The standard InChI is InChI=1S/C19H27N3O6S/c1-12(2)20-19(26)22-16(23)11-28-18(25)14(9-10-29-4)21-17(24)13-7-5-6-8-15(13)27-3/h5-8,12,14H,9-11H2,1-4H3,(H,21,24)(H2,20,22,23,26)/t14-/m1/s1. The molecule has 0 heterocycles. The van der Waals surface area contributed by atoms with Gasteiger partial charge in [0.1, 0.15) is 11.8 Å². The van der Waals surface area contributed by atoms with Crippen molar-refractivity contribution in [3.63, 3.8) is 0 Å². The van der Waals surface area contributed by atoms with E-state index >= 15 is 0 Å². The van der Waals surface area contributed by atoms with Crippen molar-refractivity contribution < 1.29 is 28.7 Å². The lowest BCUT2D eigenvalue weighted by atomic mass is 10.1. The van der Waals surface area contributed by atoms with Crippen LogP contribution in [0.4, 0.5) is 4.79 Å². The van der Waals surface area contributed by atoms with Gasteiger partial charge in [-0.2, -0.15) is 11.8 Å². The third-order valence-corrected chi connectivity index (χ3v) is 4.21. The van der Waals surface area contributed by atoms with E-state index in [1.54, 1.807) is 38.1 Å². The summed E-state index contributed by atoms with van der Waals surface area (Å²) in [5.74, 6) is -1.06. The number of urea groups is 1. The predicted molar refractivity (Wildman–Crippen MR) is 110 cm³/mol. The largest absolute Gasteiger partial charge is 0.496 e. The summed E-state index contributed by atoms with van der Waals surface area (Å²) < 4.78 is 10.1. The van der Waals surface area contributed by atoms with Crippen LogP contribution in [0.25, 0.3) is 0 Å². The Labute approximate surface area is 174 Å². The van der Waals surface area contributed by atoms with Gasteiger partial charge in [0.15, 0.2) is 6.61 Å². The quantitative estimate of drug-likeness (QED) is 0.483. The van der Waals surface area contributed by atoms with Crippen molar-refractivity contribution in [2.45, 2.75) is 32.4 Å². The fourth-order valence-corrected chi connectivity index (χ4v) is 2.72. The van der Waals surface area contributed by atoms with Crippen LogP contribution in [0, 0.1) is 0 Å². The summed E-state index contributed by atoms with van der Waals surface area (Å²) in [7, 11) is 1.44. The Bertz CT molecular complexity index is 726. The molecule has 0 saturated heterocycles. The molecule has 10 heteroatoms. The fourth-order valence-electron chi connectivity index (χ4n) is 2.25. The maximum Gasteiger partial charge on any atom is 0.329 e. The van der Waals surface area contributed by atoms with Gasteiger partial charge >= 0.3 is 12.0 Å². The van der Waals surface area contributed by atoms with E-state index in [4.69, 9.17) is 9.47 Å². The molecule has 0 radical (unpaired) electrons. The molecule has 4 amide bonds. The summed E-state index contributed by atoms with van der Waals surface area (Å²) in [4.78, 5) is 48.2. The number of carbonyl (C=O) groups excluding carboxylic acids is 4. The number of hydrogen-bond acceptors (Lipinski definition) is 7. The van der Waals surface area contributed by atoms with E-state index < -0.39 is 36.5 Å². The molecular formula is C19H27N3O6S. The zero-order valence-electron chi connectivity index (χ0n) is 16.9. The molecular weight excluding hydrogens is 398 g/mol.